The highest BCUT2D eigenvalue weighted by molar-refractivity contribution is 7.21. The van der Waals surface area contributed by atoms with Gasteiger partial charge in [0, 0.05) is 20.9 Å². The van der Waals surface area contributed by atoms with Crippen molar-refractivity contribution in [2.24, 2.45) is 0 Å². The van der Waals surface area contributed by atoms with Crippen LogP contribution in [-0.2, 0) is 12.8 Å². The Bertz CT molecular complexity index is 1260. The second kappa shape index (κ2) is 14.2. The molecular formula is C32H40N2S4. The largest absolute Gasteiger partial charge is 0.244 e. The molecule has 4 heterocycles. The standard InChI is InChI=1S/C32H40N2S4/c1-3-5-7-9-11-13-15-23-17-25(35-19-23)27-29-32(38-21-33-29)28(30-31(27)37-22-34-30)26-18-24(20-36-26)16-14-12-10-8-6-4-2/h17-22H,3-16H2,1-2H3. The minimum Gasteiger partial charge on any atom is -0.244 e. The number of hydrogen-bond donors (Lipinski definition) is 0. The van der Waals surface area contributed by atoms with Crippen LogP contribution in [0.3, 0.4) is 0 Å². The second-order valence-electron chi connectivity index (χ2n) is 10.5. The molecule has 38 heavy (non-hydrogen) atoms. The Hall–Kier alpha value is -1.60. The minimum atomic E-state index is 1.15. The molecule has 0 fully saturated rings. The van der Waals surface area contributed by atoms with Crippen LogP contribution in [0.4, 0.5) is 0 Å². The topological polar surface area (TPSA) is 25.8 Å². The maximum atomic E-state index is 4.92. The van der Waals surface area contributed by atoms with Crippen molar-refractivity contribution in [2.45, 2.75) is 104 Å². The van der Waals surface area contributed by atoms with Crippen LogP contribution >= 0.6 is 45.3 Å². The Morgan fingerprint density at radius 2 is 0.947 bits per heavy atom. The smallest absolute Gasteiger partial charge is 0.0921 e. The summed E-state index contributed by atoms with van der Waals surface area (Å²) in [5, 5.41) is 4.74. The van der Waals surface area contributed by atoms with Crippen molar-refractivity contribution in [1.82, 2.24) is 9.97 Å². The summed E-state index contributed by atoms with van der Waals surface area (Å²) in [7, 11) is 0. The Morgan fingerprint density at radius 3 is 1.39 bits per heavy atom. The van der Waals surface area contributed by atoms with Crippen LogP contribution in [0.5, 0.6) is 0 Å². The predicted molar refractivity (Wildman–Crippen MR) is 174 cm³/mol. The first-order chi connectivity index (χ1) is 18.8. The Labute approximate surface area is 244 Å². The van der Waals surface area contributed by atoms with Crippen molar-refractivity contribution in [3.63, 3.8) is 0 Å². The van der Waals surface area contributed by atoms with Crippen LogP contribution in [0.25, 0.3) is 41.3 Å². The SMILES string of the molecule is CCCCCCCCc1csc(-c2c3ncsc3c(-c3cc(CCCCCCCC)cs3)c3ncsc23)c1. The number of rotatable bonds is 16. The highest BCUT2D eigenvalue weighted by Crippen LogP contribution is 2.48. The zero-order valence-electron chi connectivity index (χ0n) is 22.9. The van der Waals surface area contributed by atoms with E-state index in [1.54, 1.807) is 22.7 Å². The van der Waals surface area contributed by atoms with E-state index in [1.807, 2.05) is 33.7 Å². The number of thiophene rings is 2. The zero-order chi connectivity index (χ0) is 26.2. The first kappa shape index (κ1) is 27.9. The quantitative estimate of drug-likeness (QED) is 0.108. The van der Waals surface area contributed by atoms with E-state index < -0.39 is 0 Å². The molecule has 6 heteroatoms. The number of hydrogen-bond acceptors (Lipinski definition) is 6. The monoisotopic (exact) mass is 580 g/mol. The molecule has 202 valence electrons. The lowest BCUT2D eigenvalue weighted by Gasteiger charge is -2.07. The van der Waals surface area contributed by atoms with E-state index in [1.165, 1.54) is 131 Å². The number of nitrogens with zero attached hydrogens (tertiary/aromatic N) is 2. The average molecular weight is 581 g/mol. The number of fused-ring (bicyclic) bond motifs is 2. The predicted octanol–water partition coefficient (Wildman–Crippen LogP) is 12.2. The highest BCUT2D eigenvalue weighted by Gasteiger charge is 2.22. The molecule has 0 saturated heterocycles. The van der Waals surface area contributed by atoms with Gasteiger partial charge >= 0.3 is 0 Å². The van der Waals surface area contributed by atoms with Crippen LogP contribution in [0.2, 0.25) is 0 Å². The van der Waals surface area contributed by atoms with Crippen molar-refractivity contribution in [1.29, 1.82) is 0 Å². The molecule has 0 bridgehead atoms. The van der Waals surface area contributed by atoms with Gasteiger partial charge in [-0.3, -0.25) is 0 Å². The van der Waals surface area contributed by atoms with Gasteiger partial charge in [-0.25, -0.2) is 9.97 Å². The van der Waals surface area contributed by atoms with Crippen molar-refractivity contribution in [2.75, 3.05) is 0 Å². The van der Waals surface area contributed by atoms with Gasteiger partial charge in [-0.2, -0.15) is 0 Å². The third kappa shape index (κ3) is 6.57. The maximum absolute atomic E-state index is 4.92. The van der Waals surface area contributed by atoms with Crippen LogP contribution < -0.4 is 0 Å². The van der Waals surface area contributed by atoms with Gasteiger partial charge in [0.15, 0.2) is 0 Å². The van der Waals surface area contributed by atoms with E-state index in [4.69, 9.17) is 9.97 Å². The lowest BCUT2D eigenvalue weighted by molar-refractivity contribution is 0.608. The molecule has 0 saturated carbocycles. The molecule has 0 aliphatic rings. The van der Waals surface area contributed by atoms with E-state index in [2.05, 4.69) is 36.7 Å². The van der Waals surface area contributed by atoms with Gasteiger partial charge in [-0.1, -0.05) is 78.1 Å². The first-order valence-corrected chi connectivity index (χ1v) is 18.1. The molecule has 0 radical (unpaired) electrons. The summed E-state index contributed by atoms with van der Waals surface area (Å²) in [4.78, 5) is 12.5. The van der Waals surface area contributed by atoms with E-state index in [0.29, 0.717) is 0 Å². The molecule has 0 amide bonds. The summed E-state index contributed by atoms with van der Waals surface area (Å²) in [6, 6.07) is 4.85. The molecule has 0 unspecified atom stereocenters. The number of unbranched alkanes of at least 4 members (excludes halogenated alkanes) is 10. The molecule has 2 nitrogen and oxygen atoms in total. The Morgan fingerprint density at radius 1 is 0.526 bits per heavy atom. The van der Waals surface area contributed by atoms with Crippen LogP contribution in [0.15, 0.2) is 33.9 Å². The van der Waals surface area contributed by atoms with E-state index in [0.717, 1.165) is 11.0 Å². The Balaban J connectivity index is 1.36. The number of thiazole rings is 2. The fourth-order valence-electron chi connectivity index (χ4n) is 5.37. The molecule has 0 aliphatic heterocycles. The summed E-state index contributed by atoms with van der Waals surface area (Å²) in [5.74, 6) is 0. The van der Waals surface area contributed by atoms with E-state index >= 15 is 0 Å². The number of benzene rings is 1. The molecule has 1 aromatic carbocycles. The maximum Gasteiger partial charge on any atom is 0.0921 e. The lowest BCUT2D eigenvalue weighted by Crippen LogP contribution is -1.86. The van der Waals surface area contributed by atoms with Gasteiger partial charge in [0.05, 0.1) is 31.5 Å². The fourth-order valence-corrected chi connectivity index (χ4v) is 9.21. The van der Waals surface area contributed by atoms with Crippen molar-refractivity contribution >= 4 is 65.8 Å². The Kier molecular flexibility index (Phi) is 10.4. The van der Waals surface area contributed by atoms with Gasteiger partial charge in [0.2, 0.25) is 0 Å². The van der Waals surface area contributed by atoms with Gasteiger partial charge in [0.1, 0.15) is 0 Å². The fraction of sp³-hybridized carbons (Fsp3) is 0.500. The zero-order valence-corrected chi connectivity index (χ0v) is 26.2. The van der Waals surface area contributed by atoms with Gasteiger partial charge in [0.25, 0.3) is 0 Å². The lowest BCUT2D eigenvalue weighted by atomic mass is 10.0. The summed E-state index contributed by atoms with van der Waals surface area (Å²) < 4.78 is 2.58. The summed E-state index contributed by atoms with van der Waals surface area (Å²) in [5.41, 5.74) is 11.9. The molecule has 0 N–H and O–H groups in total. The van der Waals surface area contributed by atoms with Crippen LogP contribution in [-0.4, -0.2) is 9.97 Å². The van der Waals surface area contributed by atoms with Gasteiger partial charge in [-0.15, -0.1) is 45.3 Å². The molecule has 0 aliphatic carbocycles. The molecular weight excluding hydrogens is 541 g/mol. The normalized spacial score (nSPS) is 11.8. The number of aryl methyl sites for hydroxylation is 2. The first-order valence-electron chi connectivity index (χ1n) is 14.6. The summed E-state index contributed by atoms with van der Waals surface area (Å²) in [6.45, 7) is 4.57. The third-order valence-electron chi connectivity index (χ3n) is 7.50. The van der Waals surface area contributed by atoms with Crippen LogP contribution in [0.1, 0.15) is 102 Å². The summed E-state index contributed by atoms with van der Waals surface area (Å²) in [6.07, 6.45) is 18.5. The van der Waals surface area contributed by atoms with Gasteiger partial charge in [-0.05, 0) is 59.7 Å². The molecule has 5 aromatic rings. The second-order valence-corrected chi connectivity index (χ2v) is 14.0. The molecule has 0 spiro atoms. The third-order valence-corrected chi connectivity index (χ3v) is 11.2. The molecule has 0 atom stereocenters. The van der Waals surface area contributed by atoms with E-state index in [-0.39, 0.29) is 0 Å². The minimum absolute atomic E-state index is 1.15. The molecule has 4 aromatic heterocycles. The van der Waals surface area contributed by atoms with Crippen molar-refractivity contribution < 1.29 is 0 Å². The number of aromatic nitrogens is 2. The van der Waals surface area contributed by atoms with Crippen LogP contribution in [0, 0.1) is 0 Å². The highest BCUT2D eigenvalue weighted by atomic mass is 32.1. The molecule has 5 rings (SSSR count). The average Bonchev–Trinajstić information content (AvgIpc) is 3.74. The summed E-state index contributed by atoms with van der Waals surface area (Å²) >= 11 is 7.30. The van der Waals surface area contributed by atoms with E-state index in [9.17, 15) is 0 Å². The van der Waals surface area contributed by atoms with Gasteiger partial charge < -0.3 is 0 Å². The van der Waals surface area contributed by atoms with Crippen molar-refractivity contribution in [3.8, 4) is 20.9 Å². The van der Waals surface area contributed by atoms with Crippen molar-refractivity contribution in [3.05, 3.63) is 45.0 Å².